The summed E-state index contributed by atoms with van der Waals surface area (Å²) in [6.45, 7) is 4.82. The van der Waals surface area contributed by atoms with Crippen molar-refractivity contribution < 1.29 is 9.53 Å². The number of nitrogens with zero attached hydrogens (tertiary/aromatic N) is 5. The van der Waals surface area contributed by atoms with Crippen molar-refractivity contribution in [3.05, 3.63) is 47.8 Å². The molecule has 1 amide bonds. The third-order valence-electron chi connectivity index (χ3n) is 5.46. The standard InChI is InChI=1S/C21H29N7O2.HI/c1-22-21(28-9-10-30-19(14-28)17-12-25-26(2)13-17)24-11-16-3-5-18(6-4-16)27-8-7-23-20(29)15-27;/h3-6,12-13,19H,7-11,14-15H2,1-2H3,(H,22,24)(H,23,29);1H. The number of guanidine groups is 1. The molecule has 10 heteroatoms. The highest BCUT2D eigenvalue weighted by molar-refractivity contribution is 14.0. The third kappa shape index (κ3) is 5.88. The van der Waals surface area contributed by atoms with Gasteiger partial charge in [-0.1, -0.05) is 12.1 Å². The maximum atomic E-state index is 11.6. The van der Waals surface area contributed by atoms with Gasteiger partial charge in [0.1, 0.15) is 6.10 Å². The number of halogens is 1. The van der Waals surface area contributed by atoms with E-state index in [1.807, 2.05) is 19.4 Å². The first-order chi connectivity index (χ1) is 14.6. The Balaban J connectivity index is 0.00000272. The predicted octanol–water partition coefficient (Wildman–Crippen LogP) is 1.12. The SMILES string of the molecule is CN=C(NCc1ccc(N2CCNC(=O)C2)cc1)N1CCOC(c2cnn(C)c2)C1.I. The molecule has 3 heterocycles. The highest BCUT2D eigenvalue weighted by Gasteiger charge is 2.25. The molecular weight excluding hydrogens is 509 g/mol. The van der Waals surface area contributed by atoms with Gasteiger partial charge in [-0.3, -0.25) is 14.5 Å². The van der Waals surface area contributed by atoms with Gasteiger partial charge >= 0.3 is 0 Å². The lowest BCUT2D eigenvalue weighted by Gasteiger charge is -2.34. The van der Waals surface area contributed by atoms with Crippen LogP contribution in [0.5, 0.6) is 0 Å². The van der Waals surface area contributed by atoms with Crippen LogP contribution in [-0.2, 0) is 23.1 Å². The van der Waals surface area contributed by atoms with Crippen molar-refractivity contribution in [2.75, 3.05) is 51.3 Å². The van der Waals surface area contributed by atoms with Crippen molar-refractivity contribution in [3.63, 3.8) is 0 Å². The van der Waals surface area contributed by atoms with E-state index in [-0.39, 0.29) is 36.0 Å². The summed E-state index contributed by atoms with van der Waals surface area (Å²) in [7, 11) is 3.72. The number of benzene rings is 1. The Morgan fingerprint density at radius 1 is 1.32 bits per heavy atom. The smallest absolute Gasteiger partial charge is 0.239 e. The Hall–Kier alpha value is -2.34. The van der Waals surface area contributed by atoms with E-state index in [0.29, 0.717) is 26.2 Å². The molecule has 0 radical (unpaired) electrons. The van der Waals surface area contributed by atoms with Gasteiger partial charge in [0.15, 0.2) is 5.96 Å². The molecule has 2 saturated heterocycles. The van der Waals surface area contributed by atoms with E-state index in [0.717, 1.165) is 36.8 Å². The number of hydrogen-bond donors (Lipinski definition) is 2. The number of carbonyl (C=O) groups excluding carboxylic acids is 1. The van der Waals surface area contributed by atoms with E-state index in [1.54, 1.807) is 11.7 Å². The summed E-state index contributed by atoms with van der Waals surface area (Å²) in [5.41, 5.74) is 3.32. The van der Waals surface area contributed by atoms with Crippen LogP contribution in [0.4, 0.5) is 5.69 Å². The van der Waals surface area contributed by atoms with Crippen LogP contribution in [0.3, 0.4) is 0 Å². The molecule has 9 nitrogen and oxygen atoms in total. The minimum absolute atomic E-state index is 0. The second-order valence-electron chi connectivity index (χ2n) is 7.59. The van der Waals surface area contributed by atoms with E-state index >= 15 is 0 Å². The van der Waals surface area contributed by atoms with Crippen LogP contribution in [0.2, 0.25) is 0 Å². The van der Waals surface area contributed by atoms with Crippen LogP contribution in [-0.4, -0.2) is 72.9 Å². The van der Waals surface area contributed by atoms with Gasteiger partial charge in [-0.25, -0.2) is 0 Å². The Morgan fingerprint density at radius 2 is 2.13 bits per heavy atom. The largest absolute Gasteiger partial charge is 0.370 e. The maximum absolute atomic E-state index is 11.6. The monoisotopic (exact) mass is 539 g/mol. The first kappa shape index (κ1) is 23.3. The van der Waals surface area contributed by atoms with Crippen molar-refractivity contribution in [2.24, 2.45) is 12.0 Å². The summed E-state index contributed by atoms with van der Waals surface area (Å²) in [5.74, 6) is 0.940. The quantitative estimate of drug-likeness (QED) is 0.344. The summed E-state index contributed by atoms with van der Waals surface area (Å²) >= 11 is 0. The molecule has 168 valence electrons. The normalized spacial score (nSPS) is 19.6. The van der Waals surface area contributed by atoms with Crippen LogP contribution >= 0.6 is 24.0 Å². The number of anilines is 1. The van der Waals surface area contributed by atoms with Gasteiger partial charge in [-0.05, 0) is 17.7 Å². The molecule has 1 aromatic carbocycles. The van der Waals surface area contributed by atoms with Crippen molar-refractivity contribution in [1.82, 2.24) is 25.3 Å². The number of hydrogen-bond acceptors (Lipinski definition) is 5. The Kier molecular flexibility index (Phi) is 8.13. The molecule has 1 atom stereocenters. The fourth-order valence-corrected chi connectivity index (χ4v) is 3.85. The Labute approximate surface area is 199 Å². The summed E-state index contributed by atoms with van der Waals surface area (Å²) in [4.78, 5) is 20.4. The number of carbonyl (C=O) groups is 1. The van der Waals surface area contributed by atoms with E-state index in [2.05, 4.69) is 54.8 Å². The van der Waals surface area contributed by atoms with Crippen molar-refractivity contribution in [1.29, 1.82) is 0 Å². The predicted molar refractivity (Wildman–Crippen MR) is 131 cm³/mol. The summed E-state index contributed by atoms with van der Waals surface area (Å²) < 4.78 is 7.73. The molecular formula is C21H30IN7O2. The highest BCUT2D eigenvalue weighted by atomic mass is 127. The molecule has 2 fully saturated rings. The average Bonchev–Trinajstić information content (AvgIpc) is 3.21. The molecule has 0 aliphatic carbocycles. The lowest BCUT2D eigenvalue weighted by Crippen LogP contribution is -2.48. The molecule has 0 bridgehead atoms. The molecule has 0 saturated carbocycles. The molecule has 1 aromatic heterocycles. The van der Waals surface area contributed by atoms with E-state index < -0.39 is 0 Å². The van der Waals surface area contributed by atoms with Crippen LogP contribution in [0.1, 0.15) is 17.2 Å². The highest BCUT2D eigenvalue weighted by Crippen LogP contribution is 2.22. The third-order valence-corrected chi connectivity index (χ3v) is 5.46. The van der Waals surface area contributed by atoms with Gasteiger partial charge in [0.2, 0.25) is 5.91 Å². The van der Waals surface area contributed by atoms with Gasteiger partial charge in [0, 0.05) is 57.7 Å². The first-order valence-electron chi connectivity index (χ1n) is 10.3. The molecule has 4 rings (SSSR count). The zero-order valence-electron chi connectivity index (χ0n) is 18.0. The van der Waals surface area contributed by atoms with E-state index in [9.17, 15) is 4.79 Å². The summed E-state index contributed by atoms with van der Waals surface area (Å²) in [6.07, 6.45) is 3.85. The Bertz CT molecular complexity index is 899. The summed E-state index contributed by atoms with van der Waals surface area (Å²) in [6, 6.07) is 8.34. The molecule has 2 aliphatic heterocycles. The number of nitrogens with one attached hydrogen (secondary N) is 2. The van der Waals surface area contributed by atoms with Crippen molar-refractivity contribution in [2.45, 2.75) is 12.6 Å². The Morgan fingerprint density at radius 3 is 2.81 bits per heavy atom. The second-order valence-corrected chi connectivity index (χ2v) is 7.59. The first-order valence-corrected chi connectivity index (χ1v) is 10.3. The zero-order chi connectivity index (χ0) is 20.9. The van der Waals surface area contributed by atoms with Gasteiger partial charge in [-0.2, -0.15) is 5.10 Å². The van der Waals surface area contributed by atoms with Crippen LogP contribution in [0, 0.1) is 0 Å². The van der Waals surface area contributed by atoms with Gasteiger partial charge in [0.25, 0.3) is 0 Å². The minimum Gasteiger partial charge on any atom is -0.370 e. The van der Waals surface area contributed by atoms with Gasteiger partial charge in [-0.15, -0.1) is 24.0 Å². The fourth-order valence-electron chi connectivity index (χ4n) is 3.85. The topological polar surface area (TPSA) is 87.0 Å². The van der Waals surface area contributed by atoms with Crippen LogP contribution < -0.4 is 15.5 Å². The minimum atomic E-state index is -0.00738. The molecule has 2 aliphatic rings. The number of aromatic nitrogens is 2. The number of aryl methyl sites for hydroxylation is 1. The summed E-state index contributed by atoms with van der Waals surface area (Å²) in [5, 5.41) is 10.6. The molecule has 0 spiro atoms. The van der Waals surface area contributed by atoms with Crippen molar-refractivity contribution >= 4 is 41.5 Å². The lowest BCUT2D eigenvalue weighted by molar-refractivity contribution is -0.120. The number of aliphatic imine (C=N–C) groups is 1. The molecule has 2 N–H and O–H groups in total. The van der Waals surface area contributed by atoms with Gasteiger partial charge in [0.05, 0.1) is 25.9 Å². The van der Waals surface area contributed by atoms with Crippen molar-refractivity contribution in [3.8, 4) is 0 Å². The fraction of sp³-hybridized carbons (Fsp3) is 0.476. The zero-order valence-corrected chi connectivity index (χ0v) is 20.3. The van der Waals surface area contributed by atoms with E-state index in [4.69, 9.17) is 4.74 Å². The van der Waals surface area contributed by atoms with Gasteiger partial charge < -0.3 is 25.2 Å². The van der Waals surface area contributed by atoms with E-state index in [1.165, 1.54) is 5.56 Å². The van der Waals surface area contributed by atoms with Crippen LogP contribution in [0.25, 0.3) is 0 Å². The molecule has 1 unspecified atom stereocenters. The van der Waals surface area contributed by atoms with Crippen LogP contribution in [0.15, 0.2) is 41.7 Å². The second kappa shape index (κ2) is 10.8. The number of ether oxygens (including phenoxy) is 1. The number of rotatable bonds is 4. The number of morpholine rings is 1. The average molecular weight is 539 g/mol. The lowest BCUT2D eigenvalue weighted by atomic mass is 10.1. The molecule has 2 aromatic rings. The maximum Gasteiger partial charge on any atom is 0.239 e. The number of amides is 1. The molecule has 31 heavy (non-hydrogen) atoms. The number of piperazine rings is 1.